The van der Waals surface area contributed by atoms with Gasteiger partial charge in [-0.15, -0.1) is 0 Å². The number of nitrogens with two attached hydrogens (primary N) is 1. The fourth-order valence-corrected chi connectivity index (χ4v) is 1.36. The van der Waals surface area contributed by atoms with Crippen LogP contribution in [0.15, 0.2) is 0 Å². The molecule has 0 amide bonds. The van der Waals surface area contributed by atoms with E-state index >= 15 is 0 Å². The Bertz CT molecular complexity index is 147. The van der Waals surface area contributed by atoms with Gasteiger partial charge < -0.3 is 15.2 Å². The van der Waals surface area contributed by atoms with Crippen LogP contribution >= 0.6 is 0 Å². The molecule has 0 aromatic heterocycles. The highest BCUT2D eigenvalue weighted by molar-refractivity contribution is 4.81. The van der Waals surface area contributed by atoms with E-state index in [1.165, 1.54) is 0 Å². The van der Waals surface area contributed by atoms with E-state index in [4.69, 9.17) is 15.2 Å². The standard InChI is InChI=1S/C8H17NO2/c1-7(2)6-10-8(3,11-7)4-5-9/h4-6,9H2,1-3H3. The molecule has 1 atom stereocenters. The summed E-state index contributed by atoms with van der Waals surface area (Å²) in [6.07, 6.45) is 0.760. The Morgan fingerprint density at radius 3 is 2.36 bits per heavy atom. The van der Waals surface area contributed by atoms with E-state index < -0.39 is 5.79 Å². The number of rotatable bonds is 2. The number of hydrogen-bond donors (Lipinski definition) is 1. The smallest absolute Gasteiger partial charge is 0.167 e. The predicted molar refractivity (Wildman–Crippen MR) is 43.2 cm³/mol. The maximum Gasteiger partial charge on any atom is 0.167 e. The van der Waals surface area contributed by atoms with E-state index in [-0.39, 0.29) is 5.60 Å². The molecule has 0 aromatic rings. The van der Waals surface area contributed by atoms with E-state index in [9.17, 15) is 0 Å². The van der Waals surface area contributed by atoms with Crippen LogP contribution in [0.1, 0.15) is 27.2 Å². The summed E-state index contributed by atoms with van der Waals surface area (Å²) >= 11 is 0. The van der Waals surface area contributed by atoms with Crippen LogP contribution in [0.3, 0.4) is 0 Å². The normalized spacial score (nSPS) is 36.0. The molecule has 1 unspecified atom stereocenters. The zero-order valence-corrected chi connectivity index (χ0v) is 7.52. The molecule has 3 heteroatoms. The van der Waals surface area contributed by atoms with Crippen molar-refractivity contribution in [3.8, 4) is 0 Å². The summed E-state index contributed by atoms with van der Waals surface area (Å²) in [6, 6.07) is 0. The molecular formula is C8H17NO2. The lowest BCUT2D eigenvalue weighted by Gasteiger charge is -2.24. The molecule has 0 bridgehead atoms. The summed E-state index contributed by atoms with van der Waals surface area (Å²) in [5.41, 5.74) is 5.27. The Morgan fingerprint density at radius 2 is 2.00 bits per heavy atom. The summed E-state index contributed by atoms with van der Waals surface area (Å²) in [5.74, 6) is -0.446. The fraction of sp³-hybridized carbons (Fsp3) is 1.00. The maximum absolute atomic E-state index is 5.67. The Labute approximate surface area is 67.9 Å². The van der Waals surface area contributed by atoms with Gasteiger partial charge in [-0.3, -0.25) is 0 Å². The molecule has 1 fully saturated rings. The Hall–Kier alpha value is -0.120. The molecule has 11 heavy (non-hydrogen) atoms. The highest BCUT2D eigenvalue weighted by Gasteiger charge is 2.41. The Morgan fingerprint density at radius 1 is 1.36 bits per heavy atom. The van der Waals surface area contributed by atoms with Gasteiger partial charge in [-0.05, 0) is 27.3 Å². The average Bonchev–Trinajstić information content (AvgIpc) is 2.07. The lowest BCUT2D eigenvalue weighted by molar-refractivity contribution is -0.170. The van der Waals surface area contributed by atoms with Crippen molar-refractivity contribution < 1.29 is 9.47 Å². The average molecular weight is 159 g/mol. The first-order chi connectivity index (χ1) is 4.97. The minimum atomic E-state index is -0.446. The summed E-state index contributed by atoms with van der Waals surface area (Å²) < 4.78 is 11.2. The lowest BCUT2D eigenvalue weighted by Crippen LogP contribution is -2.32. The molecule has 1 heterocycles. The van der Waals surface area contributed by atoms with Gasteiger partial charge in [0.15, 0.2) is 5.79 Å². The number of hydrogen-bond acceptors (Lipinski definition) is 3. The SMILES string of the molecule is CC1(C)COC(C)(CCN)O1. The van der Waals surface area contributed by atoms with Crippen LogP contribution < -0.4 is 5.73 Å². The Balaban J connectivity index is 2.51. The van der Waals surface area contributed by atoms with Crippen molar-refractivity contribution in [1.82, 2.24) is 0 Å². The molecule has 1 rings (SSSR count). The van der Waals surface area contributed by atoms with Crippen LogP contribution in [0, 0.1) is 0 Å². The molecule has 3 nitrogen and oxygen atoms in total. The van der Waals surface area contributed by atoms with Crippen LogP contribution in [0.25, 0.3) is 0 Å². The topological polar surface area (TPSA) is 44.5 Å². The zero-order valence-electron chi connectivity index (χ0n) is 7.52. The van der Waals surface area contributed by atoms with Gasteiger partial charge in [0.05, 0.1) is 12.2 Å². The monoisotopic (exact) mass is 159 g/mol. The third-order valence-corrected chi connectivity index (χ3v) is 1.82. The second kappa shape index (κ2) is 2.73. The highest BCUT2D eigenvalue weighted by atomic mass is 16.8. The molecule has 0 saturated carbocycles. The molecule has 66 valence electrons. The molecule has 0 spiro atoms. The van der Waals surface area contributed by atoms with Gasteiger partial charge in [-0.25, -0.2) is 0 Å². The third-order valence-electron chi connectivity index (χ3n) is 1.82. The van der Waals surface area contributed by atoms with Crippen LogP contribution in [-0.2, 0) is 9.47 Å². The van der Waals surface area contributed by atoms with Crippen molar-refractivity contribution >= 4 is 0 Å². The molecular weight excluding hydrogens is 142 g/mol. The van der Waals surface area contributed by atoms with Crippen molar-refractivity contribution in [2.24, 2.45) is 5.73 Å². The van der Waals surface area contributed by atoms with E-state index in [1.54, 1.807) is 0 Å². The Kier molecular flexibility index (Phi) is 2.23. The molecule has 1 aliphatic heterocycles. The van der Waals surface area contributed by atoms with Gasteiger partial charge in [0.25, 0.3) is 0 Å². The van der Waals surface area contributed by atoms with E-state index in [0.29, 0.717) is 13.2 Å². The zero-order chi connectivity index (χ0) is 8.54. The lowest BCUT2D eigenvalue weighted by atomic mass is 10.1. The van der Waals surface area contributed by atoms with E-state index in [1.807, 2.05) is 20.8 Å². The minimum absolute atomic E-state index is 0.149. The van der Waals surface area contributed by atoms with Gasteiger partial charge in [0, 0.05) is 6.42 Å². The minimum Gasteiger partial charge on any atom is -0.347 e. The summed E-state index contributed by atoms with van der Waals surface area (Å²) in [7, 11) is 0. The van der Waals surface area contributed by atoms with Gasteiger partial charge in [0.2, 0.25) is 0 Å². The third kappa shape index (κ3) is 2.15. The second-order valence-corrected chi connectivity index (χ2v) is 3.82. The maximum atomic E-state index is 5.67. The van der Waals surface area contributed by atoms with Gasteiger partial charge in [-0.1, -0.05) is 0 Å². The largest absolute Gasteiger partial charge is 0.347 e. The second-order valence-electron chi connectivity index (χ2n) is 3.82. The van der Waals surface area contributed by atoms with Crippen molar-refractivity contribution in [3.05, 3.63) is 0 Å². The summed E-state index contributed by atoms with van der Waals surface area (Å²) in [6.45, 7) is 7.24. The van der Waals surface area contributed by atoms with Crippen molar-refractivity contribution in [2.75, 3.05) is 13.2 Å². The molecule has 1 saturated heterocycles. The predicted octanol–water partition coefficient (Wildman–Crippen LogP) is 0.877. The van der Waals surface area contributed by atoms with Crippen molar-refractivity contribution in [1.29, 1.82) is 0 Å². The van der Waals surface area contributed by atoms with Crippen LogP contribution in [0.5, 0.6) is 0 Å². The molecule has 2 N–H and O–H groups in total. The molecule has 0 aliphatic carbocycles. The van der Waals surface area contributed by atoms with E-state index in [0.717, 1.165) is 6.42 Å². The molecule has 0 radical (unpaired) electrons. The van der Waals surface area contributed by atoms with E-state index in [2.05, 4.69) is 0 Å². The number of ether oxygens (including phenoxy) is 2. The summed E-state index contributed by atoms with van der Waals surface area (Å²) in [5, 5.41) is 0. The van der Waals surface area contributed by atoms with Crippen LogP contribution in [0.2, 0.25) is 0 Å². The van der Waals surface area contributed by atoms with Gasteiger partial charge >= 0.3 is 0 Å². The quantitative estimate of drug-likeness (QED) is 0.650. The molecule has 0 aromatic carbocycles. The van der Waals surface area contributed by atoms with Gasteiger partial charge in [-0.2, -0.15) is 0 Å². The summed E-state index contributed by atoms with van der Waals surface area (Å²) in [4.78, 5) is 0. The van der Waals surface area contributed by atoms with Crippen LogP contribution in [0.4, 0.5) is 0 Å². The first kappa shape index (κ1) is 8.97. The fourth-order valence-electron chi connectivity index (χ4n) is 1.36. The van der Waals surface area contributed by atoms with Crippen molar-refractivity contribution in [3.63, 3.8) is 0 Å². The first-order valence-electron chi connectivity index (χ1n) is 4.02. The van der Waals surface area contributed by atoms with Crippen molar-refractivity contribution in [2.45, 2.75) is 38.6 Å². The first-order valence-corrected chi connectivity index (χ1v) is 4.02. The highest BCUT2D eigenvalue weighted by Crippen LogP contribution is 2.32. The van der Waals surface area contributed by atoms with Crippen LogP contribution in [-0.4, -0.2) is 24.5 Å². The van der Waals surface area contributed by atoms with Gasteiger partial charge in [0.1, 0.15) is 0 Å². The molecule has 1 aliphatic rings.